The summed E-state index contributed by atoms with van der Waals surface area (Å²) in [5.74, 6) is 0.810. The molecule has 0 spiro atoms. The normalized spacial score (nSPS) is 10.2. The fourth-order valence-electron chi connectivity index (χ4n) is 2.70. The molecular formula is C23H16N4O2S. The predicted molar refractivity (Wildman–Crippen MR) is 115 cm³/mol. The Bertz CT molecular complexity index is 1180. The van der Waals surface area contributed by atoms with E-state index in [0.29, 0.717) is 34.3 Å². The lowest BCUT2D eigenvalue weighted by molar-refractivity contribution is 0.102. The molecule has 4 aromatic rings. The van der Waals surface area contributed by atoms with Gasteiger partial charge in [0.1, 0.15) is 5.75 Å². The standard InChI is InChI=1S/C23H16N4O2S/c24-13-17-8-6-16(7-9-17)12-20-15-26-23(30-20)27-22(28)18-10-11-21(25-14-18)29-19-4-2-1-3-5-19/h1-11,14-15H,12H2,(H,26,27,28). The maximum absolute atomic E-state index is 12.5. The number of anilines is 1. The molecule has 0 aliphatic rings. The summed E-state index contributed by atoms with van der Waals surface area (Å²) >= 11 is 1.41. The number of aromatic nitrogens is 2. The van der Waals surface area contributed by atoms with Crippen molar-refractivity contribution >= 4 is 22.4 Å². The van der Waals surface area contributed by atoms with Crippen molar-refractivity contribution in [3.63, 3.8) is 0 Å². The van der Waals surface area contributed by atoms with Crippen molar-refractivity contribution in [2.45, 2.75) is 6.42 Å². The number of para-hydroxylation sites is 1. The molecule has 30 heavy (non-hydrogen) atoms. The number of thiazole rings is 1. The smallest absolute Gasteiger partial charge is 0.259 e. The van der Waals surface area contributed by atoms with E-state index in [1.165, 1.54) is 17.5 Å². The molecule has 0 atom stereocenters. The molecule has 0 fully saturated rings. The van der Waals surface area contributed by atoms with E-state index in [4.69, 9.17) is 10.00 Å². The third-order valence-electron chi connectivity index (χ3n) is 4.20. The molecule has 2 aromatic heterocycles. The van der Waals surface area contributed by atoms with Crippen molar-refractivity contribution in [2.75, 3.05) is 5.32 Å². The molecule has 0 unspecified atom stereocenters. The number of pyridine rings is 1. The molecule has 4 rings (SSSR count). The number of amides is 1. The van der Waals surface area contributed by atoms with Gasteiger partial charge < -0.3 is 4.74 Å². The summed E-state index contributed by atoms with van der Waals surface area (Å²) in [6, 6.07) is 22.2. The maximum atomic E-state index is 12.5. The number of nitriles is 1. The minimum atomic E-state index is -0.284. The average Bonchev–Trinajstić information content (AvgIpc) is 3.22. The van der Waals surface area contributed by atoms with Crippen LogP contribution in [-0.4, -0.2) is 15.9 Å². The molecule has 0 saturated carbocycles. The SMILES string of the molecule is N#Cc1ccc(Cc2cnc(NC(=O)c3ccc(Oc4ccccc4)nc3)s2)cc1. The molecule has 2 heterocycles. The van der Waals surface area contributed by atoms with Crippen LogP contribution in [0.1, 0.15) is 26.4 Å². The van der Waals surface area contributed by atoms with Crippen LogP contribution in [0.25, 0.3) is 0 Å². The number of hydrogen-bond donors (Lipinski definition) is 1. The number of rotatable bonds is 6. The van der Waals surface area contributed by atoms with Gasteiger partial charge >= 0.3 is 0 Å². The van der Waals surface area contributed by atoms with Gasteiger partial charge in [0.05, 0.1) is 17.2 Å². The Balaban J connectivity index is 1.36. The van der Waals surface area contributed by atoms with Crippen LogP contribution in [0.15, 0.2) is 79.1 Å². The fraction of sp³-hybridized carbons (Fsp3) is 0.0435. The highest BCUT2D eigenvalue weighted by molar-refractivity contribution is 7.15. The molecule has 0 bridgehead atoms. The third kappa shape index (κ3) is 4.87. The van der Waals surface area contributed by atoms with Crippen LogP contribution in [0.2, 0.25) is 0 Å². The summed E-state index contributed by atoms with van der Waals surface area (Å²) < 4.78 is 5.63. The molecule has 0 saturated heterocycles. The predicted octanol–water partition coefficient (Wildman–Crippen LogP) is 5.05. The Morgan fingerprint density at radius 3 is 2.50 bits per heavy atom. The van der Waals surface area contributed by atoms with Crippen LogP contribution in [-0.2, 0) is 6.42 Å². The van der Waals surface area contributed by atoms with Gasteiger partial charge in [-0.15, -0.1) is 11.3 Å². The second kappa shape index (κ2) is 8.99. The Labute approximate surface area is 177 Å². The van der Waals surface area contributed by atoms with Crippen molar-refractivity contribution < 1.29 is 9.53 Å². The lowest BCUT2D eigenvalue weighted by Gasteiger charge is -2.05. The zero-order valence-corrected chi connectivity index (χ0v) is 16.6. The van der Waals surface area contributed by atoms with Crippen LogP contribution in [0.4, 0.5) is 5.13 Å². The van der Waals surface area contributed by atoms with Gasteiger partial charge in [-0.3, -0.25) is 10.1 Å². The largest absolute Gasteiger partial charge is 0.439 e. The van der Waals surface area contributed by atoms with Crippen LogP contribution in [0.5, 0.6) is 11.6 Å². The molecule has 1 N–H and O–H groups in total. The quantitative estimate of drug-likeness (QED) is 0.479. The van der Waals surface area contributed by atoms with E-state index in [1.807, 2.05) is 42.5 Å². The van der Waals surface area contributed by atoms with Gasteiger partial charge in [0.25, 0.3) is 5.91 Å². The molecule has 0 radical (unpaired) electrons. The van der Waals surface area contributed by atoms with E-state index in [9.17, 15) is 4.79 Å². The average molecular weight is 412 g/mol. The summed E-state index contributed by atoms with van der Waals surface area (Å²) in [5.41, 5.74) is 2.12. The Morgan fingerprint density at radius 2 is 1.80 bits per heavy atom. The fourth-order valence-corrected chi connectivity index (χ4v) is 3.54. The van der Waals surface area contributed by atoms with E-state index >= 15 is 0 Å². The van der Waals surface area contributed by atoms with Crippen molar-refractivity contribution in [3.8, 4) is 17.7 Å². The number of nitrogens with zero attached hydrogens (tertiary/aromatic N) is 3. The number of carbonyl (C=O) groups is 1. The van der Waals surface area contributed by atoms with Gasteiger partial charge in [-0.25, -0.2) is 9.97 Å². The van der Waals surface area contributed by atoms with Crippen LogP contribution in [0.3, 0.4) is 0 Å². The van der Waals surface area contributed by atoms with Crippen molar-refractivity contribution in [2.24, 2.45) is 0 Å². The first-order valence-corrected chi connectivity index (χ1v) is 9.95. The highest BCUT2D eigenvalue weighted by Crippen LogP contribution is 2.23. The lowest BCUT2D eigenvalue weighted by atomic mass is 10.1. The summed E-state index contributed by atoms with van der Waals surface area (Å²) in [6.07, 6.45) is 3.90. The number of hydrogen-bond acceptors (Lipinski definition) is 6. The van der Waals surface area contributed by atoms with Crippen LogP contribution in [0, 0.1) is 11.3 Å². The highest BCUT2D eigenvalue weighted by atomic mass is 32.1. The van der Waals surface area contributed by atoms with E-state index in [2.05, 4.69) is 21.4 Å². The van der Waals surface area contributed by atoms with Gasteiger partial charge in [0, 0.05) is 29.8 Å². The van der Waals surface area contributed by atoms with Gasteiger partial charge in [-0.1, -0.05) is 30.3 Å². The Hall–Kier alpha value is -4.02. The van der Waals surface area contributed by atoms with E-state index in [-0.39, 0.29) is 5.91 Å². The summed E-state index contributed by atoms with van der Waals surface area (Å²) in [7, 11) is 0. The molecule has 146 valence electrons. The topological polar surface area (TPSA) is 87.9 Å². The second-order valence-corrected chi connectivity index (χ2v) is 7.49. The minimum absolute atomic E-state index is 0.284. The van der Waals surface area contributed by atoms with Gasteiger partial charge in [0.15, 0.2) is 5.13 Å². The van der Waals surface area contributed by atoms with Gasteiger partial charge in [0.2, 0.25) is 5.88 Å². The third-order valence-corrected chi connectivity index (χ3v) is 5.11. The second-order valence-electron chi connectivity index (χ2n) is 6.37. The maximum Gasteiger partial charge on any atom is 0.259 e. The zero-order chi connectivity index (χ0) is 20.8. The van der Waals surface area contributed by atoms with E-state index in [0.717, 1.165) is 10.4 Å². The van der Waals surface area contributed by atoms with Gasteiger partial charge in [-0.05, 0) is 35.9 Å². The van der Waals surface area contributed by atoms with Crippen molar-refractivity contribution in [1.29, 1.82) is 5.26 Å². The van der Waals surface area contributed by atoms with E-state index < -0.39 is 0 Å². The number of carbonyl (C=O) groups excluding carboxylic acids is 1. The molecule has 1 amide bonds. The number of benzene rings is 2. The minimum Gasteiger partial charge on any atom is -0.439 e. The molecule has 0 aliphatic heterocycles. The first-order valence-electron chi connectivity index (χ1n) is 9.14. The summed E-state index contributed by atoms with van der Waals surface area (Å²) in [5, 5.41) is 12.2. The Morgan fingerprint density at radius 1 is 1.00 bits per heavy atom. The van der Waals surface area contributed by atoms with Gasteiger partial charge in [-0.2, -0.15) is 5.26 Å². The molecule has 7 heteroatoms. The van der Waals surface area contributed by atoms with Crippen LogP contribution >= 0.6 is 11.3 Å². The highest BCUT2D eigenvalue weighted by Gasteiger charge is 2.11. The zero-order valence-electron chi connectivity index (χ0n) is 15.8. The molecular weight excluding hydrogens is 396 g/mol. The number of ether oxygens (including phenoxy) is 1. The monoisotopic (exact) mass is 412 g/mol. The molecule has 6 nitrogen and oxygen atoms in total. The lowest BCUT2D eigenvalue weighted by Crippen LogP contribution is -2.11. The van der Waals surface area contributed by atoms with Crippen molar-refractivity contribution in [3.05, 3.63) is 101 Å². The molecule has 0 aliphatic carbocycles. The summed E-state index contributed by atoms with van der Waals surface area (Å²) in [6.45, 7) is 0. The Kier molecular flexibility index (Phi) is 5.78. The first-order chi connectivity index (χ1) is 14.7. The van der Waals surface area contributed by atoms with E-state index in [1.54, 1.807) is 30.5 Å². The number of nitrogens with one attached hydrogen (secondary N) is 1. The van der Waals surface area contributed by atoms with Crippen LogP contribution < -0.4 is 10.1 Å². The van der Waals surface area contributed by atoms with Crippen molar-refractivity contribution in [1.82, 2.24) is 9.97 Å². The summed E-state index contributed by atoms with van der Waals surface area (Å²) in [4.78, 5) is 21.9. The molecule has 2 aromatic carbocycles. The first kappa shape index (κ1) is 19.3.